The standard InChI is InChI=1S/C15H19N3O2/c1-3-20-14(19)15(2,9-16)13-11-7-5-4-6-8-12(11)17-10-18-13/h10H,3-8H2,1-2H3. The van der Waals surface area contributed by atoms with E-state index in [2.05, 4.69) is 16.0 Å². The maximum atomic E-state index is 12.2. The van der Waals surface area contributed by atoms with Crippen molar-refractivity contribution < 1.29 is 9.53 Å². The van der Waals surface area contributed by atoms with E-state index in [9.17, 15) is 10.1 Å². The Morgan fingerprint density at radius 3 is 2.85 bits per heavy atom. The van der Waals surface area contributed by atoms with Crippen molar-refractivity contribution in [2.24, 2.45) is 0 Å². The fraction of sp³-hybridized carbons (Fsp3) is 0.600. The van der Waals surface area contributed by atoms with Crippen molar-refractivity contribution in [1.29, 1.82) is 5.26 Å². The van der Waals surface area contributed by atoms with Gasteiger partial charge < -0.3 is 4.74 Å². The first-order valence-corrected chi connectivity index (χ1v) is 7.05. The van der Waals surface area contributed by atoms with E-state index in [0.29, 0.717) is 5.69 Å². The highest BCUT2D eigenvalue weighted by atomic mass is 16.5. The molecule has 1 unspecified atom stereocenters. The molecule has 0 N–H and O–H groups in total. The number of nitriles is 1. The summed E-state index contributed by atoms with van der Waals surface area (Å²) < 4.78 is 5.05. The summed E-state index contributed by atoms with van der Waals surface area (Å²) in [5, 5.41) is 9.50. The van der Waals surface area contributed by atoms with E-state index in [0.717, 1.165) is 43.4 Å². The zero-order valence-corrected chi connectivity index (χ0v) is 12.0. The molecule has 5 nitrogen and oxygen atoms in total. The maximum absolute atomic E-state index is 12.2. The molecule has 0 spiro atoms. The molecule has 5 heteroatoms. The van der Waals surface area contributed by atoms with Crippen molar-refractivity contribution in [3.63, 3.8) is 0 Å². The predicted molar refractivity (Wildman–Crippen MR) is 72.9 cm³/mol. The highest BCUT2D eigenvalue weighted by Gasteiger charge is 2.41. The van der Waals surface area contributed by atoms with E-state index in [1.807, 2.05) is 0 Å². The van der Waals surface area contributed by atoms with E-state index in [1.165, 1.54) is 6.33 Å². The van der Waals surface area contributed by atoms with E-state index in [1.54, 1.807) is 13.8 Å². The monoisotopic (exact) mass is 273 g/mol. The Kier molecular flexibility index (Phi) is 4.33. The summed E-state index contributed by atoms with van der Waals surface area (Å²) in [6, 6.07) is 2.09. The van der Waals surface area contributed by atoms with Crippen molar-refractivity contribution in [2.45, 2.75) is 51.4 Å². The van der Waals surface area contributed by atoms with Crippen LogP contribution in [0.4, 0.5) is 0 Å². The average Bonchev–Trinajstić information content (AvgIpc) is 2.71. The highest BCUT2D eigenvalue weighted by molar-refractivity contribution is 5.86. The first kappa shape index (κ1) is 14.4. The molecule has 106 valence electrons. The van der Waals surface area contributed by atoms with Gasteiger partial charge in [-0.2, -0.15) is 5.26 Å². The third-order valence-electron chi connectivity index (χ3n) is 3.76. The van der Waals surface area contributed by atoms with Gasteiger partial charge in [-0.1, -0.05) is 6.42 Å². The van der Waals surface area contributed by atoms with Gasteiger partial charge in [0, 0.05) is 5.69 Å². The van der Waals surface area contributed by atoms with Gasteiger partial charge in [-0.25, -0.2) is 14.8 Å². The number of nitrogens with zero attached hydrogens (tertiary/aromatic N) is 3. The fourth-order valence-electron chi connectivity index (χ4n) is 2.60. The SMILES string of the molecule is CCOC(=O)C(C)(C#N)c1ncnc2c1CCCCC2. The van der Waals surface area contributed by atoms with E-state index >= 15 is 0 Å². The highest BCUT2D eigenvalue weighted by Crippen LogP contribution is 2.30. The number of carbonyl (C=O) groups excluding carboxylic acids is 1. The predicted octanol–water partition coefficient (Wildman–Crippen LogP) is 2.09. The van der Waals surface area contributed by atoms with Crippen LogP contribution in [0.5, 0.6) is 0 Å². The van der Waals surface area contributed by atoms with Gasteiger partial charge in [0.1, 0.15) is 6.33 Å². The Labute approximate surface area is 119 Å². The van der Waals surface area contributed by atoms with Crippen molar-refractivity contribution in [3.05, 3.63) is 23.3 Å². The minimum Gasteiger partial charge on any atom is -0.465 e. The summed E-state index contributed by atoms with van der Waals surface area (Å²) in [4.78, 5) is 20.7. The van der Waals surface area contributed by atoms with Gasteiger partial charge >= 0.3 is 5.97 Å². The molecule has 0 fully saturated rings. The molecule has 0 aliphatic heterocycles. The number of hydrogen-bond acceptors (Lipinski definition) is 5. The molecule has 1 heterocycles. The number of fused-ring (bicyclic) bond motifs is 1. The van der Waals surface area contributed by atoms with Gasteiger partial charge in [0.05, 0.1) is 18.4 Å². The summed E-state index contributed by atoms with van der Waals surface area (Å²) in [7, 11) is 0. The second-order valence-electron chi connectivity index (χ2n) is 5.17. The van der Waals surface area contributed by atoms with E-state index < -0.39 is 11.4 Å². The summed E-state index contributed by atoms with van der Waals surface area (Å²) >= 11 is 0. The minimum absolute atomic E-state index is 0.253. The maximum Gasteiger partial charge on any atom is 0.332 e. The van der Waals surface area contributed by atoms with E-state index in [-0.39, 0.29) is 6.61 Å². The van der Waals surface area contributed by atoms with Crippen LogP contribution in [-0.4, -0.2) is 22.5 Å². The molecule has 0 saturated carbocycles. The van der Waals surface area contributed by atoms with Crippen LogP contribution < -0.4 is 0 Å². The molecule has 0 saturated heterocycles. The zero-order valence-electron chi connectivity index (χ0n) is 12.0. The van der Waals surface area contributed by atoms with Crippen LogP contribution in [0.1, 0.15) is 50.1 Å². The van der Waals surface area contributed by atoms with Crippen molar-refractivity contribution in [2.75, 3.05) is 6.61 Å². The van der Waals surface area contributed by atoms with Crippen LogP contribution in [-0.2, 0) is 27.8 Å². The second-order valence-corrected chi connectivity index (χ2v) is 5.17. The number of esters is 1. The number of hydrogen-bond donors (Lipinski definition) is 0. The third-order valence-corrected chi connectivity index (χ3v) is 3.76. The molecule has 2 rings (SSSR count). The smallest absolute Gasteiger partial charge is 0.332 e. The minimum atomic E-state index is -1.35. The summed E-state index contributed by atoms with van der Waals surface area (Å²) in [5.41, 5.74) is 1.10. The third kappa shape index (κ3) is 2.51. The Morgan fingerprint density at radius 2 is 2.15 bits per heavy atom. The number of carbonyl (C=O) groups is 1. The van der Waals surface area contributed by atoms with Gasteiger partial charge in [-0.15, -0.1) is 0 Å². The van der Waals surface area contributed by atoms with Crippen LogP contribution in [0.2, 0.25) is 0 Å². The molecule has 1 aromatic rings. The molecular formula is C15H19N3O2. The van der Waals surface area contributed by atoms with Crippen molar-refractivity contribution in [1.82, 2.24) is 9.97 Å². The van der Waals surface area contributed by atoms with E-state index in [4.69, 9.17) is 4.74 Å². The molecular weight excluding hydrogens is 254 g/mol. The van der Waals surface area contributed by atoms with Gasteiger partial charge in [0.25, 0.3) is 0 Å². The zero-order chi connectivity index (χ0) is 14.6. The first-order chi connectivity index (χ1) is 9.63. The number of aryl methyl sites for hydroxylation is 1. The Balaban J connectivity index is 2.50. The lowest BCUT2D eigenvalue weighted by molar-refractivity contribution is -0.147. The molecule has 0 aromatic carbocycles. The summed E-state index contributed by atoms with van der Waals surface area (Å²) in [6.07, 6.45) is 6.42. The fourth-order valence-corrected chi connectivity index (χ4v) is 2.60. The van der Waals surface area contributed by atoms with Crippen molar-refractivity contribution >= 4 is 5.97 Å². The number of ether oxygens (including phenoxy) is 1. The molecule has 1 aliphatic rings. The number of rotatable bonds is 3. The van der Waals surface area contributed by atoms with Gasteiger partial charge in [0.2, 0.25) is 0 Å². The average molecular weight is 273 g/mol. The topological polar surface area (TPSA) is 75.9 Å². The lowest BCUT2D eigenvalue weighted by atomic mass is 9.84. The normalized spacial score (nSPS) is 17.2. The van der Waals surface area contributed by atoms with Crippen LogP contribution in [0, 0.1) is 11.3 Å². The Bertz CT molecular complexity index is 551. The van der Waals surface area contributed by atoms with Crippen LogP contribution in [0.15, 0.2) is 6.33 Å². The molecule has 0 radical (unpaired) electrons. The first-order valence-electron chi connectivity index (χ1n) is 7.05. The molecule has 0 bridgehead atoms. The molecule has 1 aliphatic carbocycles. The Morgan fingerprint density at radius 1 is 1.40 bits per heavy atom. The number of aromatic nitrogens is 2. The van der Waals surface area contributed by atoms with Crippen LogP contribution >= 0.6 is 0 Å². The molecule has 1 atom stereocenters. The second kappa shape index (κ2) is 6.00. The molecule has 1 aromatic heterocycles. The largest absolute Gasteiger partial charge is 0.465 e. The van der Waals surface area contributed by atoms with Crippen LogP contribution in [0.25, 0.3) is 0 Å². The lowest BCUT2D eigenvalue weighted by Gasteiger charge is -2.22. The summed E-state index contributed by atoms with van der Waals surface area (Å²) in [6.45, 7) is 3.57. The van der Waals surface area contributed by atoms with Gasteiger partial charge in [-0.3, -0.25) is 0 Å². The van der Waals surface area contributed by atoms with Gasteiger partial charge in [-0.05, 0) is 45.1 Å². The molecule has 20 heavy (non-hydrogen) atoms. The Hall–Kier alpha value is -1.96. The quantitative estimate of drug-likeness (QED) is 0.622. The van der Waals surface area contributed by atoms with Crippen LogP contribution in [0.3, 0.4) is 0 Å². The van der Waals surface area contributed by atoms with Crippen molar-refractivity contribution in [3.8, 4) is 6.07 Å². The summed E-state index contributed by atoms with van der Waals surface area (Å²) in [5.74, 6) is -0.535. The van der Waals surface area contributed by atoms with Gasteiger partial charge in [0.15, 0.2) is 5.41 Å². The lowest BCUT2D eigenvalue weighted by Crippen LogP contribution is -2.35. The molecule has 0 amide bonds.